The summed E-state index contributed by atoms with van der Waals surface area (Å²) in [5, 5.41) is 2.33. The Morgan fingerprint density at radius 1 is 1.17 bits per heavy atom. The van der Waals surface area contributed by atoms with Crippen molar-refractivity contribution in [3.8, 4) is 0 Å². The molecule has 5 nitrogen and oxygen atoms in total. The van der Waals surface area contributed by atoms with Gasteiger partial charge in [-0.05, 0) is 57.7 Å². The van der Waals surface area contributed by atoms with E-state index in [0.717, 1.165) is 39.6 Å². The number of H-pyrrole nitrogens is 1. The summed E-state index contributed by atoms with van der Waals surface area (Å²) in [6.45, 7) is 3.46. The van der Waals surface area contributed by atoms with Crippen LogP contribution in [0.4, 0.5) is 5.13 Å². The molecule has 0 unspecified atom stereocenters. The van der Waals surface area contributed by atoms with Gasteiger partial charge in [-0.2, -0.15) is 0 Å². The third-order valence-corrected chi connectivity index (χ3v) is 6.47. The minimum absolute atomic E-state index is 0.0380. The largest absolute Gasteiger partial charge is 0.360 e. The Balaban J connectivity index is 1.75. The predicted octanol–water partition coefficient (Wildman–Crippen LogP) is 5.34. The number of aryl methyl sites for hydroxylation is 1. The van der Waals surface area contributed by atoms with E-state index in [1.54, 1.807) is 11.1 Å². The van der Waals surface area contributed by atoms with Crippen LogP contribution in [0.2, 0.25) is 5.02 Å². The standard InChI is InChI=1S/C22H23ClN4OS/c1-14-17(23)9-10-19-20(14)25-22(29-19)27(12-6-11-26(2)3)21(28)16-13-24-18-8-5-4-7-15(16)18/h4-5,7-10,13,24H,6,11-12H2,1-3H3. The fraction of sp³-hybridized carbons (Fsp3) is 0.273. The number of fused-ring (bicyclic) bond motifs is 2. The van der Waals surface area contributed by atoms with E-state index in [1.807, 2.05) is 57.4 Å². The number of aromatic nitrogens is 2. The van der Waals surface area contributed by atoms with Crippen molar-refractivity contribution >= 4 is 55.1 Å². The quantitative estimate of drug-likeness (QED) is 0.453. The van der Waals surface area contributed by atoms with Gasteiger partial charge in [-0.25, -0.2) is 4.98 Å². The maximum Gasteiger partial charge on any atom is 0.262 e. The van der Waals surface area contributed by atoms with Crippen LogP contribution in [0.1, 0.15) is 22.3 Å². The molecule has 1 amide bonds. The van der Waals surface area contributed by atoms with Crippen LogP contribution >= 0.6 is 22.9 Å². The highest BCUT2D eigenvalue weighted by Crippen LogP contribution is 2.34. The van der Waals surface area contributed by atoms with E-state index in [0.29, 0.717) is 22.3 Å². The summed E-state index contributed by atoms with van der Waals surface area (Å²) >= 11 is 7.81. The molecule has 7 heteroatoms. The van der Waals surface area contributed by atoms with Gasteiger partial charge >= 0.3 is 0 Å². The zero-order valence-electron chi connectivity index (χ0n) is 16.7. The summed E-state index contributed by atoms with van der Waals surface area (Å²) in [7, 11) is 4.07. The molecule has 2 aromatic carbocycles. The molecule has 4 rings (SSSR count). The van der Waals surface area contributed by atoms with E-state index in [9.17, 15) is 4.79 Å². The molecule has 0 aliphatic carbocycles. The zero-order valence-corrected chi connectivity index (χ0v) is 18.3. The van der Waals surface area contributed by atoms with Gasteiger partial charge in [0.2, 0.25) is 0 Å². The molecule has 150 valence electrons. The maximum atomic E-state index is 13.6. The number of hydrogen-bond donors (Lipinski definition) is 1. The second-order valence-electron chi connectivity index (χ2n) is 7.38. The van der Waals surface area contributed by atoms with E-state index >= 15 is 0 Å². The monoisotopic (exact) mass is 426 g/mol. The Hall–Kier alpha value is -2.41. The van der Waals surface area contributed by atoms with Crippen molar-refractivity contribution in [2.45, 2.75) is 13.3 Å². The lowest BCUT2D eigenvalue weighted by Gasteiger charge is -2.20. The predicted molar refractivity (Wildman–Crippen MR) is 123 cm³/mol. The first kappa shape index (κ1) is 19.9. The highest BCUT2D eigenvalue weighted by atomic mass is 35.5. The first-order valence-corrected chi connectivity index (χ1v) is 10.7. The Kier molecular flexibility index (Phi) is 5.58. The van der Waals surface area contributed by atoms with Crippen LogP contribution in [0.15, 0.2) is 42.6 Å². The molecule has 0 atom stereocenters. The lowest BCUT2D eigenvalue weighted by atomic mass is 10.1. The van der Waals surface area contributed by atoms with Gasteiger partial charge in [-0.3, -0.25) is 9.69 Å². The molecule has 0 fully saturated rings. The minimum Gasteiger partial charge on any atom is -0.360 e. The molecule has 2 heterocycles. The fourth-order valence-electron chi connectivity index (χ4n) is 3.43. The second kappa shape index (κ2) is 8.14. The Morgan fingerprint density at radius 3 is 2.76 bits per heavy atom. The Labute approximate surface area is 178 Å². The average molecular weight is 427 g/mol. The third kappa shape index (κ3) is 3.88. The summed E-state index contributed by atoms with van der Waals surface area (Å²) in [6, 6.07) is 11.7. The number of para-hydroxylation sites is 1. The van der Waals surface area contributed by atoms with Crippen LogP contribution in [0.5, 0.6) is 0 Å². The topological polar surface area (TPSA) is 52.2 Å². The number of thiazole rings is 1. The van der Waals surface area contributed by atoms with Gasteiger partial charge < -0.3 is 9.88 Å². The number of carbonyl (C=O) groups is 1. The van der Waals surface area contributed by atoms with Crippen LogP contribution in [0, 0.1) is 6.92 Å². The normalized spacial score (nSPS) is 11.6. The van der Waals surface area contributed by atoms with E-state index in [-0.39, 0.29) is 5.91 Å². The summed E-state index contributed by atoms with van der Waals surface area (Å²) in [5.74, 6) is -0.0380. The van der Waals surface area contributed by atoms with Crippen molar-refractivity contribution in [1.29, 1.82) is 0 Å². The number of benzene rings is 2. The van der Waals surface area contributed by atoms with E-state index < -0.39 is 0 Å². The van der Waals surface area contributed by atoms with Gasteiger partial charge in [-0.1, -0.05) is 41.1 Å². The van der Waals surface area contributed by atoms with Gasteiger partial charge in [0.25, 0.3) is 5.91 Å². The van der Waals surface area contributed by atoms with Crippen LogP contribution < -0.4 is 4.90 Å². The molecule has 29 heavy (non-hydrogen) atoms. The van der Waals surface area contributed by atoms with Crippen LogP contribution in [0.3, 0.4) is 0 Å². The number of anilines is 1. The minimum atomic E-state index is -0.0380. The molecule has 2 aromatic heterocycles. The van der Waals surface area contributed by atoms with Gasteiger partial charge in [0, 0.05) is 28.7 Å². The van der Waals surface area contributed by atoms with Crippen LogP contribution in [0.25, 0.3) is 21.1 Å². The molecule has 0 spiro atoms. The number of aromatic amines is 1. The van der Waals surface area contributed by atoms with E-state index in [4.69, 9.17) is 16.6 Å². The average Bonchev–Trinajstić information content (AvgIpc) is 3.32. The number of amides is 1. The molecule has 0 saturated carbocycles. The fourth-order valence-corrected chi connectivity index (χ4v) is 4.63. The molecule has 0 bridgehead atoms. The van der Waals surface area contributed by atoms with Crippen molar-refractivity contribution in [2.24, 2.45) is 0 Å². The molecular formula is C22H23ClN4OS. The highest BCUT2D eigenvalue weighted by Gasteiger charge is 2.24. The molecule has 0 saturated heterocycles. The molecule has 1 N–H and O–H groups in total. The van der Waals surface area contributed by atoms with Crippen molar-refractivity contribution in [3.63, 3.8) is 0 Å². The second-order valence-corrected chi connectivity index (χ2v) is 8.79. The highest BCUT2D eigenvalue weighted by molar-refractivity contribution is 7.22. The van der Waals surface area contributed by atoms with Crippen LogP contribution in [-0.4, -0.2) is 48.0 Å². The molecule has 0 aliphatic rings. The molecular weight excluding hydrogens is 404 g/mol. The lowest BCUT2D eigenvalue weighted by Crippen LogP contribution is -2.33. The molecule has 0 radical (unpaired) electrons. The third-order valence-electron chi connectivity index (χ3n) is 5.02. The zero-order chi connectivity index (χ0) is 20.5. The SMILES string of the molecule is Cc1c(Cl)ccc2sc(N(CCCN(C)C)C(=O)c3c[nH]c4ccccc34)nc12. The Bertz CT molecular complexity index is 1180. The first-order valence-electron chi connectivity index (χ1n) is 9.54. The molecule has 4 aromatic rings. The number of carbonyl (C=O) groups excluding carboxylic acids is 1. The van der Waals surface area contributed by atoms with Gasteiger partial charge in [0.05, 0.1) is 15.8 Å². The number of nitrogens with zero attached hydrogens (tertiary/aromatic N) is 3. The van der Waals surface area contributed by atoms with Crippen molar-refractivity contribution in [2.75, 3.05) is 32.1 Å². The lowest BCUT2D eigenvalue weighted by molar-refractivity contribution is 0.0987. The van der Waals surface area contributed by atoms with Crippen molar-refractivity contribution < 1.29 is 4.79 Å². The van der Waals surface area contributed by atoms with Gasteiger partial charge in [-0.15, -0.1) is 0 Å². The summed E-state index contributed by atoms with van der Waals surface area (Å²) in [6.07, 6.45) is 2.65. The van der Waals surface area contributed by atoms with E-state index in [2.05, 4.69) is 9.88 Å². The smallest absolute Gasteiger partial charge is 0.262 e. The first-order chi connectivity index (χ1) is 14.0. The van der Waals surface area contributed by atoms with Gasteiger partial charge in [0.15, 0.2) is 5.13 Å². The van der Waals surface area contributed by atoms with Crippen molar-refractivity contribution in [3.05, 3.63) is 58.7 Å². The number of rotatable bonds is 6. The van der Waals surface area contributed by atoms with Gasteiger partial charge in [0.1, 0.15) is 0 Å². The maximum absolute atomic E-state index is 13.6. The van der Waals surface area contributed by atoms with Crippen LogP contribution in [-0.2, 0) is 0 Å². The summed E-state index contributed by atoms with van der Waals surface area (Å²) in [4.78, 5) is 25.5. The van der Waals surface area contributed by atoms with E-state index in [1.165, 1.54) is 11.3 Å². The summed E-state index contributed by atoms with van der Waals surface area (Å²) < 4.78 is 1.03. The molecule has 0 aliphatic heterocycles. The number of hydrogen-bond acceptors (Lipinski definition) is 4. The Morgan fingerprint density at radius 2 is 1.97 bits per heavy atom. The number of nitrogens with one attached hydrogen (secondary N) is 1. The van der Waals surface area contributed by atoms with Crippen molar-refractivity contribution in [1.82, 2.24) is 14.9 Å². The summed E-state index contributed by atoms with van der Waals surface area (Å²) in [5.41, 5.74) is 3.43. The number of halogens is 1.